The second-order valence-corrected chi connectivity index (χ2v) is 7.09. The minimum atomic E-state index is -4.41. The average molecular weight is 558 g/mol. The molecule has 0 fully saturated rings. The molecule has 0 aliphatic heterocycles. The number of alkyl halides is 3. The first-order valence-corrected chi connectivity index (χ1v) is 9.88. The maximum atomic E-state index is 12.7. The molecule has 2 rings (SSSR count). The number of methoxy groups -OCH3 is 2. The number of hydrogen-bond donors (Lipinski definition) is 1. The van der Waals surface area contributed by atoms with Crippen LogP contribution in [0.15, 0.2) is 28.6 Å². The number of nitrogens with zero attached hydrogens (tertiary/aromatic N) is 3. The van der Waals surface area contributed by atoms with Crippen LogP contribution >= 0.6 is 35.3 Å². The number of guanidine groups is 1. The fourth-order valence-electron chi connectivity index (χ4n) is 2.60. The van der Waals surface area contributed by atoms with Gasteiger partial charge in [-0.15, -0.1) is 35.3 Å². The van der Waals surface area contributed by atoms with Crippen LogP contribution in [0.25, 0.3) is 0 Å². The Morgan fingerprint density at radius 1 is 1.27 bits per heavy atom. The van der Waals surface area contributed by atoms with Crippen LogP contribution < -0.4 is 14.8 Å². The number of aliphatic imine (C=N–C) groups is 1. The molecule has 0 bridgehead atoms. The zero-order chi connectivity index (χ0) is 21.4. The molecule has 11 heteroatoms. The Bertz CT molecular complexity index is 830. The summed E-state index contributed by atoms with van der Waals surface area (Å²) < 4.78 is 48.6. The van der Waals surface area contributed by atoms with Crippen molar-refractivity contribution in [3.8, 4) is 11.5 Å². The summed E-state index contributed by atoms with van der Waals surface area (Å²) in [5, 5.41) is 4.64. The van der Waals surface area contributed by atoms with Gasteiger partial charge in [0.1, 0.15) is 11.5 Å². The molecule has 6 nitrogen and oxygen atoms in total. The first kappa shape index (κ1) is 26.3. The molecule has 0 saturated carbocycles. The molecule has 0 aliphatic carbocycles. The van der Waals surface area contributed by atoms with Crippen molar-refractivity contribution in [2.75, 3.05) is 34.4 Å². The molecule has 0 spiro atoms. The molecule has 1 aromatic carbocycles. The van der Waals surface area contributed by atoms with Gasteiger partial charge in [-0.25, -0.2) is 4.98 Å². The van der Waals surface area contributed by atoms with Crippen molar-refractivity contribution in [3.05, 3.63) is 39.8 Å². The molecule has 0 atom stereocenters. The third-order valence-electron chi connectivity index (χ3n) is 4.03. The van der Waals surface area contributed by atoms with E-state index in [1.165, 1.54) is 0 Å². The van der Waals surface area contributed by atoms with E-state index in [-0.39, 0.29) is 24.0 Å². The van der Waals surface area contributed by atoms with Crippen molar-refractivity contribution in [2.45, 2.75) is 26.1 Å². The quantitative estimate of drug-likeness (QED) is 0.295. The van der Waals surface area contributed by atoms with Crippen LogP contribution in [0, 0.1) is 0 Å². The standard InChI is InChI=1S/C19H25F3N4O2S.HI/c1-5-23-18(24-9-8-17-25-16(12-29-17)19(20,21)22)26(2)11-13-6-7-14(27-3)10-15(13)28-4;/h6-7,10,12H,5,8-9,11H2,1-4H3,(H,23,24);1H. The van der Waals surface area contributed by atoms with Crippen LogP contribution in [-0.4, -0.2) is 50.2 Å². The van der Waals surface area contributed by atoms with Crippen LogP contribution in [0.1, 0.15) is 23.2 Å². The average Bonchev–Trinajstić information content (AvgIpc) is 3.17. The van der Waals surface area contributed by atoms with Crippen LogP contribution in [0.2, 0.25) is 0 Å². The summed E-state index contributed by atoms with van der Waals surface area (Å²) in [5.41, 5.74) is 0.105. The minimum absolute atomic E-state index is 0. The van der Waals surface area contributed by atoms with E-state index >= 15 is 0 Å². The summed E-state index contributed by atoms with van der Waals surface area (Å²) in [5.74, 6) is 2.06. The zero-order valence-electron chi connectivity index (χ0n) is 17.2. The van der Waals surface area contributed by atoms with Gasteiger partial charge in [-0.05, 0) is 19.1 Å². The zero-order valence-corrected chi connectivity index (χ0v) is 20.4. The molecule has 1 N–H and O–H groups in total. The highest BCUT2D eigenvalue weighted by Crippen LogP contribution is 2.30. The van der Waals surface area contributed by atoms with Gasteiger partial charge in [0.15, 0.2) is 11.7 Å². The first-order valence-electron chi connectivity index (χ1n) is 9.00. The van der Waals surface area contributed by atoms with Crippen LogP contribution in [0.3, 0.4) is 0 Å². The van der Waals surface area contributed by atoms with Gasteiger partial charge in [0.05, 0.1) is 19.2 Å². The number of benzene rings is 1. The molecule has 2 aromatic rings. The lowest BCUT2D eigenvalue weighted by atomic mass is 10.2. The molecule has 30 heavy (non-hydrogen) atoms. The van der Waals surface area contributed by atoms with E-state index in [0.717, 1.165) is 22.3 Å². The Morgan fingerprint density at radius 2 is 2.00 bits per heavy atom. The molecule has 0 amide bonds. The molecule has 1 aromatic heterocycles. The minimum Gasteiger partial charge on any atom is -0.497 e. The molecular weight excluding hydrogens is 532 g/mol. The van der Waals surface area contributed by atoms with Crippen molar-refractivity contribution in [1.29, 1.82) is 0 Å². The van der Waals surface area contributed by atoms with E-state index in [0.29, 0.717) is 48.5 Å². The highest BCUT2D eigenvalue weighted by Gasteiger charge is 2.33. The second-order valence-electron chi connectivity index (χ2n) is 6.14. The van der Waals surface area contributed by atoms with E-state index in [9.17, 15) is 13.2 Å². The molecule has 0 aliphatic rings. The number of thiazole rings is 1. The highest BCUT2D eigenvalue weighted by molar-refractivity contribution is 14.0. The topological polar surface area (TPSA) is 59.0 Å². The maximum Gasteiger partial charge on any atom is 0.434 e. The van der Waals surface area contributed by atoms with E-state index in [1.54, 1.807) is 14.2 Å². The number of rotatable bonds is 8. The molecule has 0 unspecified atom stereocenters. The van der Waals surface area contributed by atoms with Gasteiger partial charge in [0, 0.05) is 50.1 Å². The van der Waals surface area contributed by atoms with Crippen LogP contribution in [0.4, 0.5) is 13.2 Å². The third-order valence-corrected chi connectivity index (χ3v) is 4.94. The van der Waals surface area contributed by atoms with Crippen molar-refractivity contribution < 1.29 is 22.6 Å². The fraction of sp³-hybridized carbons (Fsp3) is 0.474. The van der Waals surface area contributed by atoms with Crippen molar-refractivity contribution in [3.63, 3.8) is 0 Å². The summed E-state index contributed by atoms with van der Waals surface area (Å²) in [6, 6.07) is 5.59. The molecule has 0 saturated heterocycles. The SMILES string of the molecule is CCNC(=NCCc1nc(C(F)(F)F)cs1)N(C)Cc1ccc(OC)cc1OC.I. The molecule has 1 heterocycles. The summed E-state index contributed by atoms with van der Waals surface area (Å²) in [7, 11) is 5.08. The largest absolute Gasteiger partial charge is 0.497 e. The monoisotopic (exact) mass is 558 g/mol. The van der Waals surface area contributed by atoms with Crippen molar-refractivity contribution in [1.82, 2.24) is 15.2 Å². The second kappa shape index (κ2) is 12.2. The van der Waals surface area contributed by atoms with E-state index in [2.05, 4.69) is 15.3 Å². The summed E-state index contributed by atoms with van der Waals surface area (Å²) >= 11 is 0.998. The van der Waals surface area contributed by atoms with Gasteiger partial charge >= 0.3 is 6.18 Å². The Kier molecular flexibility index (Phi) is 10.7. The van der Waals surface area contributed by atoms with Gasteiger partial charge in [0.2, 0.25) is 0 Å². The maximum absolute atomic E-state index is 12.7. The Balaban J connectivity index is 0.00000450. The number of ether oxygens (including phenoxy) is 2. The molecule has 168 valence electrons. The summed E-state index contributed by atoms with van der Waals surface area (Å²) in [6.45, 7) is 3.48. The molecular formula is C19H26F3IN4O2S. The summed E-state index contributed by atoms with van der Waals surface area (Å²) in [4.78, 5) is 10.1. The Morgan fingerprint density at radius 3 is 2.57 bits per heavy atom. The number of aromatic nitrogens is 1. The third kappa shape index (κ3) is 7.49. The number of nitrogens with one attached hydrogen (secondary N) is 1. The van der Waals surface area contributed by atoms with E-state index in [4.69, 9.17) is 9.47 Å². The lowest BCUT2D eigenvalue weighted by Crippen LogP contribution is -2.38. The lowest BCUT2D eigenvalue weighted by Gasteiger charge is -2.23. The lowest BCUT2D eigenvalue weighted by molar-refractivity contribution is -0.140. The van der Waals surface area contributed by atoms with Gasteiger partial charge in [-0.2, -0.15) is 13.2 Å². The predicted octanol–water partition coefficient (Wildman–Crippen LogP) is 4.44. The van der Waals surface area contributed by atoms with Gasteiger partial charge in [0.25, 0.3) is 0 Å². The predicted molar refractivity (Wildman–Crippen MR) is 123 cm³/mol. The Hall–Kier alpha value is -1.76. The summed E-state index contributed by atoms with van der Waals surface area (Å²) in [6.07, 6.45) is -4.07. The fourth-order valence-corrected chi connectivity index (χ4v) is 3.39. The van der Waals surface area contributed by atoms with Crippen LogP contribution in [-0.2, 0) is 19.1 Å². The van der Waals surface area contributed by atoms with Gasteiger partial charge in [-0.1, -0.05) is 0 Å². The normalized spacial score (nSPS) is 11.6. The molecule has 0 radical (unpaired) electrons. The van der Waals surface area contributed by atoms with E-state index < -0.39 is 11.9 Å². The van der Waals surface area contributed by atoms with Crippen molar-refractivity contribution in [2.24, 2.45) is 4.99 Å². The van der Waals surface area contributed by atoms with Crippen molar-refractivity contribution >= 4 is 41.3 Å². The number of hydrogen-bond acceptors (Lipinski definition) is 5. The number of halogens is 4. The van der Waals surface area contributed by atoms with Gasteiger partial charge in [-0.3, -0.25) is 4.99 Å². The Labute approximate surface area is 195 Å². The van der Waals surface area contributed by atoms with Gasteiger partial charge < -0.3 is 19.7 Å². The smallest absolute Gasteiger partial charge is 0.434 e. The van der Waals surface area contributed by atoms with Crippen LogP contribution in [0.5, 0.6) is 11.5 Å². The first-order chi connectivity index (χ1) is 13.8. The van der Waals surface area contributed by atoms with E-state index in [1.807, 2.05) is 37.1 Å². The highest BCUT2D eigenvalue weighted by atomic mass is 127.